The lowest BCUT2D eigenvalue weighted by Crippen LogP contribution is -2.17. The first-order chi connectivity index (χ1) is 13.1. The molecule has 0 aliphatic heterocycles. The van der Waals surface area contributed by atoms with Gasteiger partial charge in [-0.05, 0) is 31.9 Å². The van der Waals surface area contributed by atoms with Crippen molar-refractivity contribution in [3.63, 3.8) is 0 Å². The van der Waals surface area contributed by atoms with E-state index in [1.165, 1.54) is 5.56 Å². The van der Waals surface area contributed by atoms with Crippen LogP contribution in [0.3, 0.4) is 0 Å². The average molecular weight is 385 g/mol. The zero-order valence-electron chi connectivity index (χ0n) is 16.2. The summed E-state index contributed by atoms with van der Waals surface area (Å²) in [6.07, 6.45) is 2.82. The number of benzene rings is 1. The van der Waals surface area contributed by atoms with Crippen LogP contribution in [0.25, 0.3) is 0 Å². The van der Waals surface area contributed by atoms with Gasteiger partial charge in [0.2, 0.25) is 4.90 Å². The second kappa shape index (κ2) is 8.92. The number of hydrogen-bond donors (Lipinski definition) is 2. The zero-order valence-corrected chi connectivity index (χ0v) is 17.0. The Balaban J connectivity index is 1.61. The molecule has 2 N–H and O–H groups in total. The highest BCUT2D eigenvalue weighted by molar-refractivity contribution is 7.93. The maximum Gasteiger partial charge on any atom is 0.307 e. The molecular weight excluding hydrogens is 358 g/mol. The third kappa shape index (κ3) is 4.81. The number of nitrogens with zero attached hydrogens (tertiary/aromatic N) is 3. The van der Waals surface area contributed by atoms with Crippen molar-refractivity contribution in [3.8, 4) is 0 Å². The van der Waals surface area contributed by atoms with Gasteiger partial charge in [-0.15, -0.1) is 4.18 Å². The van der Waals surface area contributed by atoms with Gasteiger partial charge in [0.05, 0.1) is 24.7 Å². The van der Waals surface area contributed by atoms with E-state index in [9.17, 15) is 0 Å². The Bertz CT molecular complexity index is 864. The van der Waals surface area contributed by atoms with Gasteiger partial charge in [0.15, 0.2) is 0 Å². The molecule has 142 valence electrons. The summed E-state index contributed by atoms with van der Waals surface area (Å²) < 4.78 is 11.0. The molecule has 1 atom stereocenters. The minimum atomic E-state index is -0.590. The molecule has 7 heteroatoms. The van der Waals surface area contributed by atoms with Crippen LogP contribution in [0, 0.1) is 13.8 Å². The first-order valence-corrected chi connectivity index (χ1v) is 10.0. The Morgan fingerprint density at radius 2 is 1.89 bits per heavy atom. The fourth-order valence-electron chi connectivity index (χ4n) is 2.78. The van der Waals surface area contributed by atoms with Crippen LogP contribution in [0.2, 0.25) is 0 Å². The van der Waals surface area contributed by atoms with Crippen molar-refractivity contribution in [1.82, 2.24) is 14.8 Å². The van der Waals surface area contributed by atoms with Crippen LogP contribution in [-0.2, 0) is 29.0 Å². The second-order valence-electron chi connectivity index (χ2n) is 6.25. The minimum Gasteiger partial charge on any atom is -0.370 e. The summed E-state index contributed by atoms with van der Waals surface area (Å²) in [4.78, 5) is 5.52. The van der Waals surface area contributed by atoms with Crippen molar-refractivity contribution in [1.29, 1.82) is 0 Å². The number of aryl methyl sites for hydroxylation is 2. The SMILES string of the molecule is CO[S+](Nc1c(C)nn(C)c1C)c1ccc(NCCc2ccccc2)nc1. The Morgan fingerprint density at radius 3 is 2.48 bits per heavy atom. The maximum absolute atomic E-state index is 5.66. The van der Waals surface area contributed by atoms with E-state index in [-0.39, 0.29) is 0 Å². The molecule has 0 saturated carbocycles. The lowest BCUT2D eigenvalue weighted by Gasteiger charge is -2.08. The van der Waals surface area contributed by atoms with Crippen LogP contribution >= 0.6 is 0 Å². The minimum absolute atomic E-state index is 0.590. The monoisotopic (exact) mass is 384 g/mol. The lowest BCUT2D eigenvalue weighted by molar-refractivity contribution is 0.475. The molecule has 27 heavy (non-hydrogen) atoms. The summed E-state index contributed by atoms with van der Waals surface area (Å²) >= 11 is -0.590. The van der Waals surface area contributed by atoms with E-state index >= 15 is 0 Å². The van der Waals surface area contributed by atoms with Crippen molar-refractivity contribution in [3.05, 3.63) is 65.6 Å². The summed E-state index contributed by atoms with van der Waals surface area (Å²) in [5.74, 6) is 0.864. The predicted molar refractivity (Wildman–Crippen MR) is 112 cm³/mol. The molecule has 2 heterocycles. The predicted octanol–water partition coefficient (Wildman–Crippen LogP) is 3.65. The Labute approximate surface area is 163 Å². The van der Waals surface area contributed by atoms with Gasteiger partial charge >= 0.3 is 11.4 Å². The van der Waals surface area contributed by atoms with Crippen molar-refractivity contribution in [2.45, 2.75) is 25.2 Å². The van der Waals surface area contributed by atoms with Crippen molar-refractivity contribution >= 4 is 22.9 Å². The van der Waals surface area contributed by atoms with Crippen LogP contribution in [0.15, 0.2) is 53.6 Å². The van der Waals surface area contributed by atoms with Gasteiger partial charge in [-0.3, -0.25) is 4.68 Å². The molecule has 0 aliphatic carbocycles. The van der Waals surface area contributed by atoms with Crippen molar-refractivity contribution in [2.24, 2.45) is 7.05 Å². The third-order valence-corrected chi connectivity index (χ3v) is 5.78. The molecular formula is C20H26N5OS+. The quantitative estimate of drug-likeness (QED) is 0.581. The molecule has 0 saturated heterocycles. The molecule has 6 nitrogen and oxygen atoms in total. The van der Waals surface area contributed by atoms with E-state index in [2.05, 4.69) is 44.4 Å². The van der Waals surface area contributed by atoms with Gasteiger partial charge in [0, 0.05) is 19.7 Å². The molecule has 0 radical (unpaired) electrons. The molecule has 1 unspecified atom stereocenters. The van der Waals surface area contributed by atoms with E-state index in [1.54, 1.807) is 7.11 Å². The fourth-order valence-corrected chi connectivity index (χ4v) is 4.00. The molecule has 0 amide bonds. The largest absolute Gasteiger partial charge is 0.370 e. The highest BCUT2D eigenvalue weighted by atomic mass is 32.2. The molecule has 0 spiro atoms. The molecule has 2 aromatic heterocycles. The average Bonchev–Trinajstić information content (AvgIpc) is 2.93. The fraction of sp³-hybridized carbons (Fsp3) is 0.300. The normalized spacial score (nSPS) is 12.0. The van der Waals surface area contributed by atoms with E-state index in [1.807, 2.05) is 50.0 Å². The number of rotatable bonds is 8. The van der Waals surface area contributed by atoms with Gasteiger partial charge in [-0.1, -0.05) is 30.3 Å². The molecule has 0 fully saturated rings. The van der Waals surface area contributed by atoms with Crippen LogP contribution < -0.4 is 10.0 Å². The van der Waals surface area contributed by atoms with Crippen LogP contribution in [0.5, 0.6) is 0 Å². The van der Waals surface area contributed by atoms with Gasteiger partial charge in [-0.25, -0.2) is 4.98 Å². The van der Waals surface area contributed by atoms with Crippen LogP contribution in [0.1, 0.15) is 17.0 Å². The molecule has 0 bridgehead atoms. The van der Waals surface area contributed by atoms with Gasteiger partial charge in [0.1, 0.15) is 11.5 Å². The summed E-state index contributed by atoms with van der Waals surface area (Å²) in [6, 6.07) is 14.5. The topological polar surface area (TPSA) is 64.0 Å². The van der Waals surface area contributed by atoms with Gasteiger partial charge in [-0.2, -0.15) is 9.82 Å². The zero-order chi connectivity index (χ0) is 19.2. The van der Waals surface area contributed by atoms with Crippen LogP contribution in [0.4, 0.5) is 11.5 Å². The summed E-state index contributed by atoms with van der Waals surface area (Å²) in [5.41, 5.74) is 4.35. The molecule has 0 aliphatic rings. The van der Waals surface area contributed by atoms with Crippen molar-refractivity contribution < 1.29 is 4.18 Å². The molecule has 3 rings (SSSR count). The highest BCUT2D eigenvalue weighted by Crippen LogP contribution is 2.24. The Morgan fingerprint density at radius 1 is 1.11 bits per heavy atom. The van der Waals surface area contributed by atoms with Gasteiger partial charge in [0.25, 0.3) is 0 Å². The summed E-state index contributed by atoms with van der Waals surface area (Å²) in [7, 11) is 3.64. The number of anilines is 2. The third-order valence-electron chi connectivity index (χ3n) is 4.38. The first kappa shape index (κ1) is 19.3. The summed E-state index contributed by atoms with van der Waals surface area (Å²) in [5, 5.41) is 7.81. The van der Waals surface area contributed by atoms with E-state index in [0.717, 1.165) is 40.8 Å². The number of pyridine rings is 1. The number of hydrogen-bond acceptors (Lipinski definition) is 5. The smallest absolute Gasteiger partial charge is 0.307 e. The standard InChI is InChI=1S/C20H26N5OS/c1-15-20(16(2)25(3)23-15)24-27(26-4)18-10-11-19(22-14-18)21-13-12-17-8-6-5-7-9-17/h5-11,14,24H,12-13H2,1-4H3,(H,21,22)/q+1. The lowest BCUT2D eigenvalue weighted by atomic mass is 10.1. The Kier molecular flexibility index (Phi) is 6.36. The highest BCUT2D eigenvalue weighted by Gasteiger charge is 2.27. The van der Waals surface area contributed by atoms with E-state index in [0.29, 0.717) is 0 Å². The molecule has 3 aromatic rings. The Hall–Kier alpha value is -2.51. The second-order valence-corrected chi connectivity index (χ2v) is 7.79. The van der Waals surface area contributed by atoms with Gasteiger partial charge < -0.3 is 5.32 Å². The van der Waals surface area contributed by atoms with E-state index < -0.39 is 11.4 Å². The van der Waals surface area contributed by atoms with Crippen LogP contribution in [-0.4, -0.2) is 28.4 Å². The van der Waals surface area contributed by atoms with Crippen molar-refractivity contribution in [2.75, 3.05) is 23.7 Å². The molecule has 1 aromatic carbocycles. The number of nitrogens with one attached hydrogen (secondary N) is 2. The first-order valence-electron chi connectivity index (χ1n) is 8.88. The summed E-state index contributed by atoms with van der Waals surface area (Å²) in [6.45, 7) is 4.88. The number of aromatic nitrogens is 3. The van der Waals surface area contributed by atoms with E-state index in [4.69, 9.17) is 4.18 Å². The maximum atomic E-state index is 5.66.